The first-order valence-electron chi connectivity index (χ1n) is 7.33. The van der Waals surface area contributed by atoms with Gasteiger partial charge in [0, 0.05) is 11.8 Å². The molecule has 0 aliphatic rings. The van der Waals surface area contributed by atoms with Crippen LogP contribution in [-0.4, -0.2) is 10.9 Å². The zero-order chi connectivity index (χ0) is 15.9. The second-order valence-corrected chi connectivity index (χ2v) is 4.91. The van der Waals surface area contributed by atoms with Crippen LogP contribution in [0, 0.1) is 0 Å². The number of para-hydroxylation sites is 1. The lowest BCUT2D eigenvalue weighted by atomic mass is 10.2. The number of nitrogens with one attached hydrogen (secondary N) is 1. The van der Waals surface area contributed by atoms with E-state index in [0.29, 0.717) is 23.6 Å². The highest BCUT2D eigenvalue weighted by Gasteiger charge is 2.09. The number of amides is 1. The molecule has 0 saturated carbocycles. The van der Waals surface area contributed by atoms with Crippen LogP contribution in [0.5, 0.6) is 11.5 Å². The highest BCUT2D eigenvalue weighted by atomic mass is 16.5. The van der Waals surface area contributed by atoms with Gasteiger partial charge in [0.1, 0.15) is 11.4 Å². The summed E-state index contributed by atoms with van der Waals surface area (Å²) in [5.41, 5.74) is 1.30. The second kappa shape index (κ2) is 7.22. The van der Waals surface area contributed by atoms with Gasteiger partial charge in [-0.15, -0.1) is 0 Å². The van der Waals surface area contributed by atoms with Gasteiger partial charge < -0.3 is 10.1 Å². The van der Waals surface area contributed by atoms with Crippen LogP contribution in [0.15, 0.2) is 79.0 Å². The molecule has 1 amide bonds. The third kappa shape index (κ3) is 3.95. The topological polar surface area (TPSA) is 51.2 Å². The quantitative estimate of drug-likeness (QED) is 0.780. The van der Waals surface area contributed by atoms with Crippen molar-refractivity contribution in [1.29, 1.82) is 0 Å². The highest BCUT2D eigenvalue weighted by molar-refractivity contribution is 5.94. The van der Waals surface area contributed by atoms with Crippen molar-refractivity contribution in [2.24, 2.45) is 0 Å². The zero-order valence-corrected chi connectivity index (χ0v) is 12.5. The highest BCUT2D eigenvalue weighted by Crippen LogP contribution is 2.23. The summed E-state index contributed by atoms with van der Waals surface area (Å²) < 4.78 is 5.83. The van der Waals surface area contributed by atoms with Crippen molar-refractivity contribution in [3.05, 3.63) is 90.3 Å². The third-order valence-electron chi connectivity index (χ3n) is 3.27. The Hall–Kier alpha value is -3.14. The van der Waals surface area contributed by atoms with E-state index >= 15 is 0 Å². The lowest BCUT2D eigenvalue weighted by molar-refractivity contribution is 0.0950. The van der Waals surface area contributed by atoms with Gasteiger partial charge in [0.05, 0.1) is 6.54 Å². The van der Waals surface area contributed by atoms with E-state index in [4.69, 9.17) is 4.74 Å². The van der Waals surface area contributed by atoms with Crippen LogP contribution in [0.1, 0.15) is 16.1 Å². The molecule has 114 valence electrons. The minimum absolute atomic E-state index is 0.137. The lowest BCUT2D eigenvalue weighted by Gasteiger charge is -2.11. The van der Waals surface area contributed by atoms with E-state index < -0.39 is 0 Å². The normalized spacial score (nSPS) is 10.1. The minimum Gasteiger partial charge on any atom is -0.455 e. The Labute approximate surface area is 134 Å². The predicted octanol–water partition coefficient (Wildman–Crippen LogP) is 3.80. The predicted molar refractivity (Wildman–Crippen MR) is 88.4 cm³/mol. The van der Waals surface area contributed by atoms with Crippen molar-refractivity contribution in [3.8, 4) is 11.5 Å². The summed E-state index contributed by atoms with van der Waals surface area (Å²) in [4.78, 5) is 16.4. The van der Waals surface area contributed by atoms with E-state index in [9.17, 15) is 4.79 Å². The lowest BCUT2D eigenvalue weighted by Crippen LogP contribution is -2.23. The number of hydrogen-bond acceptors (Lipinski definition) is 3. The van der Waals surface area contributed by atoms with Gasteiger partial charge >= 0.3 is 0 Å². The molecule has 3 aromatic rings. The number of nitrogens with zero attached hydrogens (tertiary/aromatic N) is 1. The van der Waals surface area contributed by atoms with Crippen LogP contribution in [0.25, 0.3) is 0 Å². The van der Waals surface area contributed by atoms with Crippen molar-refractivity contribution in [2.75, 3.05) is 0 Å². The molecule has 4 heteroatoms. The summed E-state index contributed by atoms with van der Waals surface area (Å²) in [6, 6.07) is 22.2. The first-order valence-corrected chi connectivity index (χ1v) is 7.33. The molecule has 0 saturated heterocycles. The van der Waals surface area contributed by atoms with Crippen LogP contribution < -0.4 is 10.1 Å². The molecule has 1 aromatic heterocycles. The largest absolute Gasteiger partial charge is 0.455 e. The Kier molecular flexibility index (Phi) is 4.64. The molecule has 2 aromatic carbocycles. The minimum atomic E-state index is -0.137. The Morgan fingerprint density at radius 3 is 2.35 bits per heavy atom. The molecular formula is C19H16N2O2. The Morgan fingerprint density at radius 1 is 0.913 bits per heavy atom. The third-order valence-corrected chi connectivity index (χ3v) is 3.27. The number of carbonyl (C=O) groups is 1. The fraction of sp³-hybridized carbons (Fsp3) is 0.0526. The Bertz CT molecular complexity index is 774. The van der Waals surface area contributed by atoms with Gasteiger partial charge in [-0.25, -0.2) is 0 Å². The van der Waals surface area contributed by atoms with Crippen LogP contribution in [0.2, 0.25) is 0 Å². The molecular weight excluding hydrogens is 288 g/mol. The van der Waals surface area contributed by atoms with Crippen LogP contribution >= 0.6 is 0 Å². The van der Waals surface area contributed by atoms with E-state index in [2.05, 4.69) is 10.3 Å². The van der Waals surface area contributed by atoms with Gasteiger partial charge in [-0.2, -0.15) is 0 Å². The van der Waals surface area contributed by atoms with Crippen molar-refractivity contribution < 1.29 is 9.53 Å². The van der Waals surface area contributed by atoms with Crippen molar-refractivity contribution in [2.45, 2.75) is 6.54 Å². The van der Waals surface area contributed by atoms with Crippen molar-refractivity contribution in [3.63, 3.8) is 0 Å². The van der Waals surface area contributed by atoms with Crippen molar-refractivity contribution in [1.82, 2.24) is 10.3 Å². The number of carbonyl (C=O) groups excluding carboxylic acids is 1. The Morgan fingerprint density at radius 2 is 1.61 bits per heavy atom. The molecule has 0 atom stereocenters. The van der Waals surface area contributed by atoms with E-state index in [-0.39, 0.29) is 5.91 Å². The maximum absolute atomic E-state index is 12.1. The van der Waals surface area contributed by atoms with Gasteiger partial charge in [-0.05, 0) is 36.4 Å². The molecule has 1 heterocycles. The average Bonchev–Trinajstić information content (AvgIpc) is 2.62. The molecule has 4 nitrogen and oxygen atoms in total. The summed E-state index contributed by atoms with van der Waals surface area (Å²) in [6.45, 7) is 0.302. The standard InChI is InChI=1S/C19H16N2O2/c22-19(15-8-3-1-4-9-15)21-14-17-18(12-7-13-20-17)23-16-10-5-2-6-11-16/h1-13H,14H2,(H,21,22). The first kappa shape index (κ1) is 14.8. The van der Waals surface area contributed by atoms with Crippen LogP contribution in [0.3, 0.4) is 0 Å². The zero-order valence-electron chi connectivity index (χ0n) is 12.5. The fourth-order valence-corrected chi connectivity index (χ4v) is 2.12. The Balaban J connectivity index is 1.70. The number of aromatic nitrogens is 1. The maximum Gasteiger partial charge on any atom is 0.251 e. The SMILES string of the molecule is O=C(NCc1ncccc1Oc1ccccc1)c1ccccc1. The summed E-state index contributed by atoms with van der Waals surface area (Å²) in [5, 5.41) is 2.86. The molecule has 0 aliphatic heterocycles. The van der Waals surface area contributed by atoms with Gasteiger partial charge in [-0.3, -0.25) is 9.78 Å². The van der Waals surface area contributed by atoms with Gasteiger partial charge in [0.15, 0.2) is 5.75 Å². The molecule has 23 heavy (non-hydrogen) atoms. The van der Waals surface area contributed by atoms with Gasteiger partial charge in [-0.1, -0.05) is 36.4 Å². The maximum atomic E-state index is 12.1. The number of benzene rings is 2. The molecule has 3 rings (SSSR count). The second-order valence-electron chi connectivity index (χ2n) is 4.91. The molecule has 0 fully saturated rings. The molecule has 0 spiro atoms. The van der Waals surface area contributed by atoms with E-state index in [1.807, 2.05) is 54.6 Å². The monoisotopic (exact) mass is 304 g/mol. The summed E-state index contributed by atoms with van der Waals surface area (Å²) in [5.74, 6) is 1.23. The van der Waals surface area contributed by atoms with E-state index in [1.54, 1.807) is 24.4 Å². The first-order chi connectivity index (χ1) is 11.3. The van der Waals surface area contributed by atoms with E-state index in [1.165, 1.54) is 0 Å². The van der Waals surface area contributed by atoms with Gasteiger partial charge in [0.25, 0.3) is 5.91 Å². The van der Waals surface area contributed by atoms with Crippen LogP contribution in [0.4, 0.5) is 0 Å². The summed E-state index contributed by atoms with van der Waals surface area (Å²) in [6.07, 6.45) is 1.68. The number of ether oxygens (including phenoxy) is 1. The fourth-order valence-electron chi connectivity index (χ4n) is 2.12. The smallest absolute Gasteiger partial charge is 0.251 e. The number of hydrogen-bond donors (Lipinski definition) is 1. The number of pyridine rings is 1. The van der Waals surface area contributed by atoms with E-state index in [0.717, 1.165) is 5.75 Å². The number of rotatable bonds is 5. The van der Waals surface area contributed by atoms with Crippen molar-refractivity contribution >= 4 is 5.91 Å². The molecule has 0 bridgehead atoms. The van der Waals surface area contributed by atoms with Crippen LogP contribution in [-0.2, 0) is 6.54 Å². The average molecular weight is 304 g/mol. The van der Waals surface area contributed by atoms with Gasteiger partial charge in [0.2, 0.25) is 0 Å². The molecule has 0 unspecified atom stereocenters. The molecule has 0 aliphatic carbocycles. The molecule has 0 radical (unpaired) electrons. The summed E-state index contributed by atoms with van der Waals surface area (Å²) >= 11 is 0. The molecule has 1 N–H and O–H groups in total. The summed E-state index contributed by atoms with van der Waals surface area (Å²) in [7, 11) is 0.